The van der Waals surface area contributed by atoms with Crippen LogP contribution < -0.4 is 0 Å². The number of alkyl halides is 7. The van der Waals surface area contributed by atoms with Gasteiger partial charge >= 0.3 is 21.8 Å². The van der Waals surface area contributed by atoms with Gasteiger partial charge in [0.15, 0.2) is 6.61 Å². The molecule has 0 saturated carbocycles. The van der Waals surface area contributed by atoms with Crippen molar-refractivity contribution in [2.45, 2.75) is 31.5 Å². The molecule has 0 aliphatic rings. The average molecular weight is 369 g/mol. The van der Waals surface area contributed by atoms with Crippen LogP contribution in [0.15, 0.2) is 0 Å². The Balaban J connectivity index is 0. The highest BCUT2D eigenvalue weighted by molar-refractivity contribution is 9.09. The molecule has 0 bridgehead atoms. The third-order valence-corrected chi connectivity index (χ3v) is 2.70. The Labute approximate surface area is 109 Å². The van der Waals surface area contributed by atoms with Crippen LogP contribution >= 0.6 is 15.9 Å². The highest BCUT2D eigenvalue weighted by Crippen LogP contribution is 2.26. The highest BCUT2D eigenvalue weighted by Gasteiger charge is 2.49. The molecular formula is C7H11BrF6O3S. The van der Waals surface area contributed by atoms with Crippen molar-refractivity contribution < 1.29 is 38.9 Å². The molecule has 0 aliphatic heterocycles. The van der Waals surface area contributed by atoms with Crippen LogP contribution in [0.1, 0.15) is 19.8 Å². The third-order valence-electron chi connectivity index (χ3n) is 1.15. The van der Waals surface area contributed by atoms with Gasteiger partial charge in [-0.2, -0.15) is 34.8 Å². The van der Waals surface area contributed by atoms with Crippen LogP contribution in [-0.4, -0.2) is 32.0 Å². The summed E-state index contributed by atoms with van der Waals surface area (Å²) < 4.78 is 90.0. The van der Waals surface area contributed by atoms with E-state index in [9.17, 15) is 34.8 Å². The molecule has 0 saturated heterocycles. The monoisotopic (exact) mass is 368 g/mol. The average Bonchev–Trinajstić information content (AvgIpc) is 2.14. The fourth-order valence-corrected chi connectivity index (χ4v) is 1.33. The van der Waals surface area contributed by atoms with E-state index in [1.807, 2.05) is 0 Å². The van der Waals surface area contributed by atoms with E-state index in [4.69, 9.17) is 0 Å². The van der Waals surface area contributed by atoms with Crippen molar-refractivity contribution >= 4 is 26.0 Å². The Kier molecular flexibility index (Phi) is 9.25. The van der Waals surface area contributed by atoms with E-state index >= 15 is 0 Å². The number of rotatable bonds is 4. The summed E-state index contributed by atoms with van der Waals surface area (Å²) in [6, 6.07) is 0. The van der Waals surface area contributed by atoms with E-state index in [-0.39, 0.29) is 0 Å². The first-order chi connectivity index (χ1) is 7.87. The molecule has 0 aromatic carbocycles. The Morgan fingerprint density at radius 1 is 1.11 bits per heavy atom. The fraction of sp³-hybridized carbons (Fsp3) is 1.00. The minimum absolute atomic E-state index is 1.16. The van der Waals surface area contributed by atoms with Crippen LogP contribution in [-0.2, 0) is 14.3 Å². The SMILES string of the molecule is CCCCBr.O=S(=O)(OCC(F)(F)F)C(F)(F)F. The second-order valence-corrected chi connectivity index (χ2v) is 5.22. The van der Waals surface area contributed by atoms with E-state index < -0.39 is 28.4 Å². The van der Waals surface area contributed by atoms with Crippen molar-refractivity contribution in [2.75, 3.05) is 11.9 Å². The normalized spacial score (nSPS) is 12.9. The van der Waals surface area contributed by atoms with Gasteiger partial charge in [0.25, 0.3) is 0 Å². The zero-order chi connectivity index (χ0) is 15.0. The Hall–Kier alpha value is -0.0300. The maximum Gasteiger partial charge on any atom is 0.523 e. The summed E-state index contributed by atoms with van der Waals surface area (Å²) in [6.07, 6.45) is -2.52. The zero-order valence-electron chi connectivity index (χ0n) is 9.11. The van der Waals surface area contributed by atoms with E-state index in [0.717, 1.165) is 5.33 Å². The van der Waals surface area contributed by atoms with Gasteiger partial charge in [-0.15, -0.1) is 0 Å². The molecule has 0 radical (unpaired) electrons. The predicted octanol–water partition coefficient (Wildman–Crippen LogP) is 3.60. The van der Waals surface area contributed by atoms with Gasteiger partial charge in [-0.3, -0.25) is 4.18 Å². The van der Waals surface area contributed by atoms with Crippen molar-refractivity contribution in [3.05, 3.63) is 0 Å². The standard InChI is InChI=1S/C4H9Br.C3H2F6O3S/c1-2-3-4-5;4-2(5,6)1-12-13(10,11)3(7,8)9/h2-4H2,1H3;1H2. The van der Waals surface area contributed by atoms with E-state index in [0.29, 0.717) is 0 Å². The molecule has 0 unspecified atom stereocenters. The summed E-state index contributed by atoms with van der Waals surface area (Å²) in [7, 11) is -6.15. The molecule has 112 valence electrons. The van der Waals surface area contributed by atoms with Crippen molar-refractivity contribution in [3.63, 3.8) is 0 Å². The van der Waals surface area contributed by atoms with Gasteiger partial charge in [0.2, 0.25) is 0 Å². The van der Waals surface area contributed by atoms with Gasteiger partial charge in [0, 0.05) is 5.33 Å². The molecular weight excluding hydrogens is 358 g/mol. The molecule has 0 aromatic heterocycles. The summed E-state index contributed by atoms with van der Waals surface area (Å²) in [5.74, 6) is 0. The molecule has 0 spiro atoms. The Morgan fingerprint density at radius 2 is 1.56 bits per heavy atom. The van der Waals surface area contributed by atoms with Gasteiger partial charge in [-0.05, 0) is 6.42 Å². The first kappa shape index (κ1) is 20.3. The van der Waals surface area contributed by atoms with Gasteiger partial charge in [-0.1, -0.05) is 29.3 Å². The predicted molar refractivity (Wildman–Crippen MR) is 55.7 cm³/mol. The maximum atomic E-state index is 11.3. The molecule has 3 nitrogen and oxygen atoms in total. The molecule has 0 N–H and O–H groups in total. The highest BCUT2D eigenvalue weighted by atomic mass is 79.9. The van der Waals surface area contributed by atoms with Gasteiger partial charge in [-0.25, -0.2) is 0 Å². The molecule has 0 aliphatic carbocycles. The summed E-state index contributed by atoms with van der Waals surface area (Å²) in [6.45, 7) is -0.309. The molecule has 0 fully saturated rings. The van der Waals surface area contributed by atoms with Crippen molar-refractivity contribution in [3.8, 4) is 0 Å². The van der Waals surface area contributed by atoms with Crippen LogP contribution in [0.3, 0.4) is 0 Å². The van der Waals surface area contributed by atoms with Crippen molar-refractivity contribution in [1.82, 2.24) is 0 Å². The minimum atomic E-state index is -6.15. The molecule has 0 amide bonds. The first-order valence-corrected chi connectivity index (χ1v) is 6.98. The number of unbranched alkanes of at least 4 members (excludes halogenated alkanes) is 1. The third kappa shape index (κ3) is 11.1. The van der Waals surface area contributed by atoms with Gasteiger partial charge in [0.05, 0.1) is 0 Å². The van der Waals surface area contributed by atoms with Crippen molar-refractivity contribution in [2.24, 2.45) is 0 Å². The van der Waals surface area contributed by atoms with E-state index in [1.54, 1.807) is 0 Å². The van der Waals surface area contributed by atoms with Crippen molar-refractivity contribution in [1.29, 1.82) is 0 Å². The van der Waals surface area contributed by atoms with Crippen LogP contribution in [0.4, 0.5) is 26.3 Å². The van der Waals surface area contributed by atoms with Gasteiger partial charge < -0.3 is 0 Å². The molecule has 0 atom stereocenters. The number of hydrogen-bond donors (Lipinski definition) is 0. The number of halogens is 7. The van der Waals surface area contributed by atoms with Gasteiger partial charge in [0.1, 0.15) is 0 Å². The Morgan fingerprint density at radius 3 is 1.72 bits per heavy atom. The second kappa shape index (κ2) is 8.20. The Bertz CT molecular complexity index is 308. The van der Waals surface area contributed by atoms with E-state index in [1.165, 1.54) is 12.8 Å². The molecule has 0 rings (SSSR count). The van der Waals surface area contributed by atoms with Crippen LogP contribution in [0, 0.1) is 0 Å². The smallest absolute Gasteiger partial charge is 0.254 e. The molecule has 0 heterocycles. The summed E-state index contributed by atoms with van der Waals surface area (Å²) >= 11 is 3.31. The largest absolute Gasteiger partial charge is 0.523 e. The lowest BCUT2D eigenvalue weighted by atomic mass is 10.4. The minimum Gasteiger partial charge on any atom is -0.254 e. The number of hydrogen-bond acceptors (Lipinski definition) is 3. The fourth-order valence-electron chi connectivity index (χ4n) is 0.345. The quantitative estimate of drug-likeness (QED) is 0.329. The molecule has 11 heteroatoms. The van der Waals surface area contributed by atoms with E-state index in [2.05, 4.69) is 27.0 Å². The summed E-state index contributed by atoms with van der Waals surface area (Å²) in [5.41, 5.74) is -5.84. The topological polar surface area (TPSA) is 43.4 Å². The lowest BCUT2D eigenvalue weighted by Crippen LogP contribution is -2.29. The summed E-state index contributed by atoms with van der Waals surface area (Å²) in [5, 5.41) is 1.16. The second-order valence-electron chi connectivity index (χ2n) is 2.82. The lowest BCUT2D eigenvalue weighted by Gasteiger charge is -2.09. The molecule has 18 heavy (non-hydrogen) atoms. The molecule has 0 aromatic rings. The van der Waals surface area contributed by atoms with Crippen LogP contribution in [0.25, 0.3) is 0 Å². The maximum absolute atomic E-state index is 11.3. The first-order valence-electron chi connectivity index (χ1n) is 4.45. The summed E-state index contributed by atoms with van der Waals surface area (Å²) in [4.78, 5) is 0. The lowest BCUT2D eigenvalue weighted by molar-refractivity contribution is -0.156. The zero-order valence-corrected chi connectivity index (χ0v) is 11.5. The van der Waals surface area contributed by atoms with Crippen LogP contribution in [0.2, 0.25) is 0 Å². The van der Waals surface area contributed by atoms with Crippen LogP contribution in [0.5, 0.6) is 0 Å².